The third kappa shape index (κ3) is 2.89. The molecule has 3 heteroatoms. The number of piperidine rings is 1. The van der Waals surface area contributed by atoms with E-state index in [2.05, 4.69) is 18.7 Å². The highest BCUT2D eigenvalue weighted by atomic mass is 19.1. The standard InChI is InChI=1S/C17H26FNO/c1-4-17(3,19-10-6-5-7-11-19)16(20)15-9-8-14(18)12-13(15)2/h8-9,12,16,20H,4-7,10-11H2,1-3H3. The molecule has 1 N–H and O–H groups in total. The van der Waals surface area contributed by atoms with Crippen molar-refractivity contribution in [3.63, 3.8) is 0 Å². The summed E-state index contributed by atoms with van der Waals surface area (Å²) in [5.74, 6) is -0.241. The molecule has 1 aromatic carbocycles. The summed E-state index contributed by atoms with van der Waals surface area (Å²) in [6, 6.07) is 4.68. The van der Waals surface area contributed by atoms with Crippen molar-refractivity contribution in [1.82, 2.24) is 4.90 Å². The van der Waals surface area contributed by atoms with Crippen molar-refractivity contribution in [2.45, 2.75) is 58.1 Å². The van der Waals surface area contributed by atoms with E-state index in [0.717, 1.165) is 30.6 Å². The summed E-state index contributed by atoms with van der Waals surface area (Å²) in [4.78, 5) is 2.41. The maximum Gasteiger partial charge on any atom is 0.123 e. The molecule has 2 atom stereocenters. The quantitative estimate of drug-likeness (QED) is 0.905. The second-order valence-electron chi connectivity index (χ2n) is 6.16. The van der Waals surface area contributed by atoms with E-state index in [4.69, 9.17) is 0 Å². The van der Waals surface area contributed by atoms with E-state index in [0.29, 0.717) is 0 Å². The first-order chi connectivity index (χ1) is 9.49. The van der Waals surface area contributed by atoms with Crippen LogP contribution in [-0.4, -0.2) is 28.6 Å². The van der Waals surface area contributed by atoms with Gasteiger partial charge in [-0.15, -0.1) is 0 Å². The van der Waals surface area contributed by atoms with Crippen molar-refractivity contribution in [3.05, 3.63) is 35.1 Å². The molecule has 0 amide bonds. The first-order valence-corrected chi connectivity index (χ1v) is 7.68. The van der Waals surface area contributed by atoms with E-state index in [1.807, 2.05) is 6.92 Å². The van der Waals surface area contributed by atoms with Crippen LogP contribution in [0.3, 0.4) is 0 Å². The van der Waals surface area contributed by atoms with E-state index in [-0.39, 0.29) is 11.4 Å². The summed E-state index contributed by atoms with van der Waals surface area (Å²) in [5.41, 5.74) is 1.40. The average Bonchev–Trinajstić information content (AvgIpc) is 2.46. The second kappa shape index (κ2) is 6.23. The van der Waals surface area contributed by atoms with Crippen LogP contribution in [0.1, 0.15) is 56.8 Å². The topological polar surface area (TPSA) is 23.5 Å². The van der Waals surface area contributed by atoms with Crippen molar-refractivity contribution in [3.8, 4) is 0 Å². The summed E-state index contributed by atoms with van der Waals surface area (Å²) in [6.07, 6.45) is 3.98. The van der Waals surface area contributed by atoms with Gasteiger partial charge in [0.15, 0.2) is 0 Å². The number of halogens is 1. The lowest BCUT2D eigenvalue weighted by molar-refractivity contribution is -0.0355. The maximum atomic E-state index is 13.3. The zero-order chi connectivity index (χ0) is 14.8. The number of aliphatic hydroxyl groups is 1. The number of aryl methyl sites for hydroxylation is 1. The molecule has 112 valence electrons. The normalized spacial score (nSPS) is 21.4. The zero-order valence-corrected chi connectivity index (χ0v) is 12.8. The Balaban J connectivity index is 2.29. The van der Waals surface area contributed by atoms with E-state index >= 15 is 0 Å². The van der Waals surface area contributed by atoms with Crippen LogP contribution < -0.4 is 0 Å². The van der Waals surface area contributed by atoms with E-state index < -0.39 is 6.10 Å². The number of benzene rings is 1. The van der Waals surface area contributed by atoms with Crippen LogP contribution >= 0.6 is 0 Å². The van der Waals surface area contributed by atoms with Gasteiger partial charge in [0.2, 0.25) is 0 Å². The monoisotopic (exact) mass is 279 g/mol. The maximum absolute atomic E-state index is 13.3. The molecule has 0 bridgehead atoms. The molecular formula is C17H26FNO. The fraction of sp³-hybridized carbons (Fsp3) is 0.647. The minimum atomic E-state index is -0.578. The molecule has 0 spiro atoms. The number of hydrogen-bond donors (Lipinski definition) is 1. The van der Waals surface area contributed by atoms with Crippen molar-refractivity contribution in [1.29, 1.82) is 0 Å². The largest absolute Gasteiger partial charge is 0.386 e. The van der Waals surface area contributed by atoms with Crippen LogP contribution in [0.4, 0.5) is 4.39 Å². The van der Waals surface area contributed by atoms with Gasteiger partial charge in [-0.25, -0.2) is 4.39 Å². The Kier molecular flexibility index (Phi) is 4.82. The number of aliphatic hydroxyl groups excluding tert-OH is 1. The molecule has 1 saturated heterocycles. The molecule has 0 aromatic heterocycles. The van der Waals surface area contributed by atoms with Crippen molar-refractivity contribution >= 4 is 0 Å². The van der Waals surface area contributed by atoms with Gasteiger partial charge in [0.05, 0.1) is 6.10 Å². The Bertz CT molecular complexity index is 456. The molecular weight excluding hydrogens is 253 g/mol. The molecule has 2 unspecified atom stereocenters. The van der Waals surface area contributed by atoms with Gasteiger partial charge in [0, 0.05) is 5.54 Å². The van der Waals surface area contributed by atoms with Crippen LogP contribution in [0.25, 0.3) is 0 Å². The summed E-state index contributed by atoms with van der Waals surface area (Å²) in [6.45, 7) is 8.21. The van der Waals surface area contributed by atoms with E-state index in [9.17, 15) is 9.50 Å². The van der Waals surface area contributed by atoms with E-state index in [1.54, 1.807) is 6.07 Å². The Hall–Kier alpha value is -0.930. The molecule has 1 aliphatic heterocycles. The van der Waals surface area contributed by atoms with Gasteiger partial charge in [0.1, 0.15) is 5.82 Å². The van der Waals surface area contributed by atoms with Gasteiger partial charge in [-0.05, 0) is 69.5 Å². The number of rotatable bonds is 4. The third-order valence-electron chi connectivity index (χ3n) is 4.91. The Labute approximate surface area is 121 Å². The zero-order valence-electron chi connectivity index (χ0n) is 12.8. The van der Waals surface area contributed by atoms with Crippen molar-refractivity contribution < 1.29 is 9.50 Å². The van der Waals surface area contributed by atoms with Gasteiger partial charge in [-0.1, -0.05) is 19.4 Å². The lowest BCUT2D eigenvalue weighted by Crippen LogP contribution is -2.52. The predicted octanol–water partition coefficient (Wildman–Crippen LogP) is 3.82. The number of likely N-dealkylation sites (tertiary alicyclic amines) is 1. The highest BCUT2D eigenvalue weighted by Gasteiger charge is 2.39. The molecule has 2 nitrogen and oxygen atoms in total. The molecule has 0 radical (unpaired) electrons. The van der Waals surface area contributed by atoms with Crippen LogP contribution in [0.15, 0.2) is 18.2 Å². The van der Waals surface area contributed by atoms with Crippen molar-refractivity contribution in [2.75, 3.05) is 13.1 Å². The lowest BCUT2D eigenvalue weighted by atomic mass is 9.82. The summed E-state index contributed by atoms with van der Waals surface area (Å²) in [7, 11) is 0. The molecule has 2 rings (SSSR count). The summed E-state index contributed by atoms with van der Waals surface area (Å²) >= 11 is 0. The third-order valence-corrected chi connectivity index (χ3v) is 4.91. The van der Waals surface area contributed by atoms with Gasteiger partial charge >= 0.3 is 0 Å². The second-order valence-corrected chi connectivity index (χ2v) is 6.16. The Morgan fingerprint density at radius 2 is 1.95 bits per heavy atom. The number of nitrogens with zero attached hydrogens (tertiary/aromatic N) is 1. The molecule has 1 heterocycles. The van der Waals surface area contributed by atoms with Gasteiger partial charge in [-0.3, -0.25) is 4.90 Å². The van der Waals surface area contributed by atoms with Crippen molar-refractivity contribution in [2.24, 2.45) is 0 Å². The summed E-state index contributed by atoms with van der Waals surface area (Å²) in [5, 5.41) is 10.9. The van der Waals surface area contributed by atoms with Crippen LogP contribution in [0.5, 0.6) is 0 Å². The minimum absolute atomic E-state index is 0.241. The first kappa shape index (κ1) is 15.5. The predicted molar refractivity (Wildman–Crippen MR) is 80.2 cm³/mol. The molecule has 1 aliphatic rings. The molecule has 0 saturated carbocycles. The lowest BCUT2D eigenvalue weighted by Gasteiger charge is -2.46. The highest BCUT2D eigenvalue weighted by Crippen LogP contribution is 2.37. The SMILES string of the molecule is CCC(C)(C(O)c1ccc(F)cc1C)N1CCCCC1. The Morgan fingerprint density at radius 1 is 1.30 bits per heavy atom. The first-order valence-electron chi connectivity index (χ1n) is 7.68. The van der Waals surface area contributed by atoms with E-state index in [1.165, 1.54) is 31.4 Å². The smallest absolute Gasteiger partial charge is 0.123 e. The average molecular weight is 279 g/mol. The minimum Gasteiger partial charge on any atom is -0.386 e. The fourth-order valence-corrected chi connectivity index (χ4v) is 3.28. The van der Waals surface area contributed by atoms with Crippen LogP contribution in [0.2, 0.25) is 0 Å². The number of hydrogen-bond acceptors (Lipinski definition) is 2. The molecule has 1 fully saturated rings. The molecule has 20 heavy (non-hydrogen) atoms. The molecule has 1 aromatic rings. The van der Waals surface area contributed by atoms with Crippen LogP contribution in [0, 0.1) is 12.7 Å². The highest BCUT2D eigenvalue weighted by molar-refractivity contribution is 5.30. The summed E-state index contributed by atoms with van der Waals surface area (Å²) < 4.78 is 13.3. The Morgan fingerprint density at radius 3 is 2.50 bits per heavy atom. The van der Waals surface area contributed by atoms with Gasteiger partial charge in [-0.2, -0.15) is 0 Å². The van der Waals surface area contributed by atoms with Crippen LogP contribution in [-0.2, 0) is 0 Å². The fourth-order valence-electron chi connectivity index (χ4n) is 3.28. The van der Waals surface area contributed by atoms with Gasteiger partial charge in [0.25, 0.3) is 0 Å². The van der Waals surface area contributed by atoms with Gasteiger partial charge < -0.3 is 5.11 Å². The molecule has 0 aliphatic carbocycles.